The van der Waals surface area contributed by atoms with Gasteiger partial charge >= 0.3 is 5.97 Å². The molecule has 0 aliphatic carbocycles. The van der Waals surface area contributed by atoms with E-state index in [1.165, 1.54) is 0 Å². The lowest BCUT2D eigenvalue weighted by atomic mass is 10.1. The van der Waals surface area contributed by atoms with Gasteiger partial charge in [-0.25, -0.2) is 9.79 Å². The van der Waals surface area contributed by atoms with Crippen LogP contribution in [0.4, 0.5) is 0 Å². The third kappa shape index (κ3) is 3.15. The molecule has 0 unspecified atom stereocenters. The molecular weight excluding hydrogens is 328 g/mol. The highest BCUT2D eigenvalue weighted by molar-refractivity contribution is 6.12. The van der Waals surface area contributed by atoms with E-state index in [2.05, 4.69) is 9.98 Å². The molecule has 3 aromatic rings. The molecule has 1 N–H and O–H groups in total. The lowest BCUT2D eigenvalue weighted by molar-refractivity contribution is -0.129. The van der Waals surface area contributed by atoms with Crippen molar-refractivity contribution >= 4 is 34.9 Å². The number of hydrogen-bond acceptors (Lipinski definition) is 4. The Morgan fingerprint density at radius 3 is 2.69 bits per heavy atom. The predicted octanol–water partition coefficient (Wildman–Crippen LogP) is 4.19. The van der Waals surface area contributed by atoms with Crippen molar-refractivity contribution < 1.29 is 14.3 Å². The van der Waals surface area contributed by atoms with Crippen LogP contribution in [0.3, 0.4) is 0 Å². The van der Waals surface area contributed by atoms with Crippen LogP contribution in [0.1, 0.15) is 11.1 Å². The maximum Gasteiger partial charge on any atom is 0.363 e. The molecule has 5 nitrogen and oxygen atoms in total. The second-order valence-electron chi connectivity index (χ2n) is 5.77. The Kier molecular flexibility index (Phi) is 4.11. The summed E-state index contributed by atoms with van der Waals surface area (Å²) >= 11 is 0. The second-order valence-corrected chi connectivity index (χ2v) is 5.77. The number of aromatic nitrogens is 1. The van der Waals surface area contributed by atoms with Gasteiger partial charge in [0.15, 0.2) is 5.70 Å². The number of H-pyrrole nitrogens is 1. The Labute approximate surface area is 150 Å². The number of rotatable bonds is 4. The molecule has 0 saturated heterocycles. The summed E-state index contributed by atoms with van der Waals surface area (Å²) in [7, 11) is 1.62. The number of methoxy groups -OCH3 is 1. The predicted molar refractivity (Wildman–Crippen MR) is 102 cm³/mol. The minimum Gasteiger partial charge on any atom is -0.497 e. The number of para-hydroxylation sites is 1. The molecule has 4 rings (SSSR count). The van der Waals surface area contributed by atoms with Crippen molar-refractivity contribution in [2.45, 2.75) is 0 Å². The van der Waals surface area contributed by atoms with Crippen LogP contribution in [0.15, 0.2) is 71.5 Å². The van der Waals surface area contributed by atoms with Crippen LogP contribution < -0.4 is 4.74 Å². The van der Waals surface area contributed by atoms with Gasteiger partial charge < -0.3 is 14.5 Å². The number of carbonyl (C=O) groups is 1. The summed E-state index contributed by atoms with van der Waals surface area (Å²) in [5.41, 5.74) is 3.15. The second kappa shape index (κ2) is 6.72. The van der Waals surface area contributed by atoms with Gasteiger partial charge in [-0.05, 0) is 35.9 Å². The highest BCUT2D eigenvalue weighted by Gasteiger charge is 2.21. The smallest absolute Gasteiger partial charge is 0.363 e. The van der Waals surface area contributed by atoms with Crippen LogP contribution in [0.5, 0.6) is 5.75 Å². The first kappa shape index (κ1) is 15.9. The van der Waals surface area contributed by atoms with Crippen molar-refractivity contribution in [1.29, 1.82) is 0 Å². The van der Waals surface area contributed by atoms with E-state index >= 15 is 0 Å². The number of aromatic amines is 1. The van der Waals surface area contributed by atoms with Crippen LogP contribution in [-0.4, -0.2) is 24.0 Å². The molecule has 1 aromatic heterocycles. The van der Waals surface area contributed by atoms with Gasteiger partial charge in [0.2, 0.25) is 5.90 Å². The molecule has 0 saturated carbocycles. The first-order valence-electron chi connectivity index (χ1n) is 8.14. The van der Waals surface area contributed by atoms with Crippen molar-refractivity contribution in [3.63, 3.8) is 0 Å². The topological polar surface area (TPSA) is 63.7 Å². The molecular formula is C21H16N2O3. The normalized spacial score (nSPS) is 15.7. The van der Waals surface area contributed by atoms with Crippen molar-refractivity contribution in [3.05, 3.63) is 77.6 Å². The Hall–Kier alpha value is -3.60. The number of ether oxygens (including phenoxy) is 2. The van der Waals surface area contributed by atoms with Crippen molar-refractivity contribution in [2.75, 3.05) is 7.11 Å². The highest BCUT2D eigenvalue weighted by Crippen LogP contribution is 2.23. The molecule has 1 aliphatic heterocycles. The standard InChI is InChI=1S/C21H16N2O3/c1-25-16-9-6-14(7-10-16)8-11-20-23-19(21(24)26-20)12-15-13-22-18-5-3-2-4-17(15)18/h2-13,22H,1H3/b11-8+,19-12-. The van der Waals surface area contributed by atoms with Gasteiger partial charge in [-0.1, -0.05) is 30.3 Å². The number of nitrogens with zero attached hydrogens (tertiary/aromatic N) is 1. The van der Waals surface area contributed by atoms with E-state index in [1.807, 2.05) is 60.8 Å². The molecule has 2 heterocycles. The SMILES string of the molecule is COc1ccc(/C=C/C2=NC(=C\c3c[nH]c4ccccc34)/C(=O)O2)cc1. The lowest BCUT2D eigenvalue weighted by Gasteiger charge is -1.98. The van der Waals surface area contributed by atoms with E-state index in [0.717, 1.165) is 27.8 Å². The first-order chi connectivity index (χ1) is 12.7. The third-order valence-electron chi connectivity index (χ3n) is 4.08. The van der Waals surface area contributed by atoms with Crippen LogP contribution in [0.25, 0.3) is 23.1 Å². The summed E-state index contributed by atoms with van der Waals surface area (Å²) in [6.07, 6.45) is 7.09. The zero-order valence-electron chi connectivity index (χ0n) is 14.1. The molecule has 0 spiro atoms. The Balaban J connectivity index is 1.57. The van der Waals surface area contributed by atoms with E-state index in [9.17, 15) is 4.79 Å². The first-order valence-corrected chi connectivity index (χ1v) is 8.14. The van der Waals surface area contributed by atoms with Crippen molar-refractivity contribution in [3.8, 4) is 5.75 Å². The molecule has 0 bridgehead atoms. The zero-order valence-corrected chi connectivity index (χ0v) is 14.1. The van der Waals surface area contributed by atoms with Gasteiger partial charge in [0.1, 0.15) is 5.75 Å². The maximum absolute atomic E-state index is 12.1. The van der Waals surface area contributed by atoms with Gasteiger partial charge in [0, 0.05) is 28.7 Å². The molecule has 5 heteroatoms. The van der Waals surface area contributed by atoms with Crippen LogP contribution >= 0.6 is 0 Å². The van der Waals surface area contributed by atoms with E-state index in [1.54, 1.807) is 19.3 Å². The quantitative estimate of drug-likeness (QED) is 0.570. The molecule has 128 valence electrons. The molecule has 0 radical (unpaired) electrons. The number of esters is 1. The minimum atomic E-state index is -0.454. The number of aliphatic imine (C=N–C) groups is 1. The molecule has 0 fully saturated rings. The molecule has 0 amide bonds. The number of nitrogens with one attached hydrogen (secondary N) is 1. The number of hydrogen-bond donors (Lipinski definition) is 1. The molecule has 0 atom stereocenters. The summed E-state index contributed by atoms with van der Waals surface area (Å²) in [6.45, 7) is 0. The fourth-order valence-corrected chi connectivity index (χ4v) is 2.74. The molecule has 1 aliphatic rings. The molecule has 2 aromatic carbocycles. The Morgan fingerprint density at radius 2 is 1.88 bits per heavy atom. The van der Waals surface area contributed by atoms with Gasteiger partial charge in [-0.2, -0.15) is 0 Å². The van der Waals surface area contributed by atoms with E-state index in [0.29, 0.717) is 0 Å². The number of fused-ring (bicyclic) bond motifs is 1. The summed E-state index contributed by atoms with van der Waals surface area (Å²) < 4.78 is 10.4. The summed E-state index contributed by atoms with van der Waals surface area (Å²) in [5.74, 6) is 0.609. The largest absolute Gasteiger partial charge is 0.497 e. The zero-order chi connectivity index (χ0) is 17.9. The fourth-order valence-electron chi connectivity index (χ4n) is 2.74. The summed E-state index contributed by atoms with van der Waals surface area (Å²) in [4.78, 5) is 19.5. The third-order valence-corrected chi connectivity index (χ3v) is 4.08. The van der Waals surface area contributed by atoms with Crippen LogP contribution in [-0.2, 0) is 9.53 Å². The van der Waals surface area contributed by atoms with Gasteiger partial charge in [0.25, 0.3) is 0 Å². The lowest BCUT2D eigenvalue weighted by Crippen LogP contribution is -2.01. The van der Waals surface area contributed by atoms with Gasteiger partial charge in [-0.15, -0.1) is 0 Å². The maximum atomic E-state index is 12.1. The highest BCUT2D eigenvalue weighted by atomic mass is 16.6. The number of carbonyl (C=O) groups excluding carboxylic acids is 1. The Morgan fingerprint density at radius 1 is 1.08 bits per heavy atom. The van der Waals surface area contributed by atoms with Crippen LogP contribution in [0.2, 0.25) is 0 Å². The fraction of sp³-hybridized carbons (Fsp3) is 0.0476. The van der Waals surface area contributed by atoms with Gasteiger partial charge in [-0.3, -0.25) is 0 Å². The number of benzene rings is 2. The van der Waals surface area contributed by atoms with Gasteiger partial charge in [0.05, 0.1) is 7.11 Å². The monoisotopic (exact) mass is 344 g/mol. The minimum absolute atomic E-state index is 0.275. The average molecular weight is 344 g/mol. The summed E-state index contributed by atoms with van der Waals surface area (Å²) in [6, 6.07) is 15.4. The van der Waals surface area contributed by atoms with E-state index in [4.69, 9.17) is 9.47 Å². The van der Waals surface area contributed by atoms with Crippen molar-refractivity contribution in [2.24, 2.45) is 4.99 Å². The summed E-state index contributed by atoms with van der Waals surface area (Å²) in [5, 5.41) is 1.03. The number of cyclic esters (lactones) is 1. The molecule has 26 heavy (non-hydrogen) atoms. The average Bonchev–Trinajstić information content (AvgIpc) is 3.24. The van der Waals surface area contributed by atoms with Crippen molar-refractivity contribution in [1.82, 2.24) is 4.98 Å². The van der Waals surface area contributed by atoms with E-state index < -0.39 is 5.97 Å². The van der Waals surface area contributed by atoms with E-state index in [-0.39, 0.29) is 11.6 Å². The Bertz CT molecular complexity index is 1060. The van der Waals surface area contributed by atoms with Crippen LogP contribution in [0, 0.1) is 0 Å².